The molecule has 0 saturated carbocycles. The highest BCUT2D eigenvalue weighted by Crippen LogP contribution is 2.18. The van der Waals surface area contributed by atoms with Crippen LogP contribution >= 0.6 is 0 Å². The number of nitrogen functional groups attached to an aromatic ring is 1. The summed E-state index contributed by atoms with van der Waals surface area (Å²) in [7, 11) is 3.33. The van der Waals surface area contributed by atoms with Gasteiger partial charge in [0.05, 0.1) is 18.5 Å². The van der Waals surface area contributed by atoms with Crippen LogP contribution in [0.5, 0.6) is 0 Å². The maximum Gasteiger partial charge on any atom is 0.276 e. The molecule has 0 spiro atoms. The number of ether oxygens (including phenoxy) is 1. The summed E-state index contributed by atoms with van der Waals surface area (Å²) in [6.45, 7) is 0.598. The molecule has 0 aliphatic rings. The molecule has 2 aromatic rings. The second-order valence-corrected chi connectivity index (χ2v) is 4.43. The standard InChI is InChI=1S/C14H18N4O2/c1-18-13(11(15)9-16-18)14(19)17-12-6-4-3-5-10(12)7-8-20-2/h3-6,9H,7-8,15H2,1-2H3,(H,17,19). The molecule has 0 bridgehead atoms. The number of anilines is 2. The van der Waals surface area contributed by atoms with Crippen molar-refractivity contribution in [2.75, 3.05) is 24.8 Å². The zero-order valence-electron chi connectivity index (χ0n) is 11.6. The zero-order valence-corrected chi connectivity index (χ0v) is 11.6. The third-order valence-corrected chi connectivity index (χ3v) is 3.02. The van der Waals surface area contributed by atoms with E-state index >= 15 is 0 Å². The Labute approximate surface area is 117 Å². The van der Waals surface area contributed by atoms with Crippen LogP contribution in [-0.2, 0) is 18.2 Å². The van der Waals surface area contributed by atoms with E-state index in [9.17, 15) is 4.79 Å². The van der Waals surface area contributed by atoms with Crippen LogP contribution < -0.4 is 11.1 Å². The third kappa shape index (κ3) is 2.97. The normalized spacial score (nSPS) is 10.5. The average molecular weight is 274 g/mol. The van der Waals surface area contributed by atoms with Gasteiger partial charge in [-0.1, -0.05) is 18.2 Å². The lowest BCUT2D eigenvalue weighted by Crippen LogP contribution is -2.18. The number of nitrogens with one attached hydrogen (secondary N) is 1. The molecule has 6 heteroatoms. The molecule has 0 radical (unpaired) electrons. The minimum Gasteiger partial charge on any atom is -0.396 e. The summed E-state index contributed by atoms with van der Waals surface area (Å²) in [5, 5.41) is 6.83. The van der Waals surface area contributed by atoms with Gasteiger partial charge in [0.2, 0.25) is 0 Å². The van der Waals surface area contributed by atoms with Crippen LogP contribution in [0.25, 0.3) is 0 Å². The van der Waals surface area contributed by atoms with E-state index in [0.717, 1.165) is 17.7 Å². The molecule has 1 amide bonds. The van der Waals surface area contributed by atoms with Gasteiger partial charge in [-0.25, -0.2) is 0 Å². The lowest BCUT2D eigenvalue weighted by molar-refractivity contribution is 0.101. The van der Waals surface area contributed by atoms with E-state index in [0.29, 0.717) is 18.0 Å². The van der Waals surface area contributed by atoms with Crippen molar-refractivity contribution in [2.45, 2.75) is 6.42 Å². The summed E-state index contributed by atoms with van der Waals surface area (Å²) in [4.78, 5) is 12.3. The van der Waals surface area contributed by atoms with Crippen molar-refractivity contribution in [1.29, 1.82) is 0 Å². The van der Waals surface area contributed by atoms with Crippen molar-refractivity contribution in [2.24, 2.45) is 7.05 Å². The first-order valence-electron chi connectivity index (χ1n) is 6.29. The number of carbonyl (C=O) groups excluding carboxylic acids is 1. The number of hydrogen-bond acceptors (Lipinski definition) is 4. The first-order valence-corrected chi connectivity index (χ1v) is 6.29. The molecule has 0 fully saturated rings. The second-order valence-electron chi connectivity index (χ2n) is 4.43. The van der Waals surface area contributed by atoms with Crippen LogP contribution in [0.4, 0.5) is 11.4 Å². The fourth-order valence-electron chi connectivity index (χ4n) is 1.99. The van der Waals surface area contributed by atoms with Gasteiger partial charge in [0.1, 0.15) is 5.69 Å². The highest BCUT2D eigenvalue weighted by atomic mass is 16.5. The SMILES string of the molecule is COCCc1ccccc1NC(=O)c1c(N)cnn1C. The maximum atomic E-state index is 12.3. The Morgan fingerprint density at radius 1 is 1.45 bits per heavy atom. The molecule has 0 aliphatic carbocycles. The lowest BCUT2D eigenvalue weighted by Gasteiger charge is -2.11. The monoisotopic (exact) mass is 274 g/mol. The fraction of sp³-hybridized carbons (Fsp3) is 0.286. The van der Waals surface area contributed by atoms with E-state index in [1.165, 1.54) is 10.9 Å². The van der Waals surface area contributed by atoms with Gasteiger partial charge in [0.25, 0.3) is 5.91 Å². The quantitative estimate of drug-likeness (QED) is 0.864. The minimum atomic E-state index is -0.271. The van der Waals surface area contributed by atoms with Crippen molar-refractivity contribution in [3.05, 3.63) is 41.7 Å². The van der Waals surface area contributed by atoms with Gasteiger partial charge >= 0.3 is 0 Å². The smallest absolute Gasteiger partial charge is 0.276 e. The molecule has 2 rings (SSSR count). The van der Waals surface area contributed by atoms with Gasteiger partial charge in [-0.05, 0) is 18.1 Å². The molecule has 1 aromatic carbocycles. The lowest BCUT2D eigenvalue weighted by atomic mass is 10.1. The maximum absolute atomic E-state index is 12.3. The van der Waals surface area contributed by atoms with Crippen LogP contribution in [0.1, 0.15) is 16.1 Å². The largest absolute Gasteiger partial charge is 0.396 e. The summed E-state index contributed by atoms with van der Waals surface area (Å²) in [5.41, 5.74) is 8.24. The third-order valence-electron chi connectivity index (χ3n) is 3.02. The highest BCUT2D eigenvalue weighted by molar-refractivity contribution is 6.06. The number of aromatic nitrogens is 2. The molecule has 6 nitrogen and oxygen atoms in total. The Morgan fingerprint density at radius 2 is 2.20 bits per heavy atom. The minimum absolute atomic E-state index is 0.271. The van der Waals surface area contributed by atoms with Gasteiger partial charge in [0.15, 0.2) is 0 Å². The Kier molecular flexibility index (Phi) is 4.37. The molecule has 0 atom stereocenters. The van der Waals surface area contributed by atoms with Crippen molar-refractivity contribution in [1.82, 2.24) is 9.78 Å². The van der Waals surface area contributed by atoms with E-state index in [2.05, 4.69) is 10.4 Å². The van der Waals surface area contributed by atoms with E-state index in [4.69, 9.17) is 10.5 Å². The van der Waals surface area contributed by atoms with Crippen LogP contribution in [0.15, 0.2) is 30.5 Å². The topological polar surface area (TPSA) is 82.2 Å². The number of carbonyl (C=O) groups is 1. The number of amides is 1. The van der Waals surface area contributed by atoms with Crippen LogP contribution in [0, 0.1) is 0 Å². The number of rotatable bonds is 5. The number of hydrogen-bond donors (Lipinski definition) is 2. The zero-order chi connectivity index (χ0) is 14.5. The van der Waals surface area contributed by atoms with Gasteiger partial charge in [0, 0.05) is 19.8 Å². The number of para-hydroxylation sites is 1. The fourth-order valence-corrected chi connectivity index (χ4v) is 1.99. The second kappa shape index (κ2) is 6.21. The molecule has 0 aliphatic heterocycles. The summed E-state index contributed by atoms with van der Waals surface area (Å²) < 4.78 is 6.53. The summed E-state index contributed by atoms with van der Waals surface area (Å²) >= 11 is 0. The van der Waals surface area contributed by atoms with E-state index in [1.807, 2.05) is 24.3 Å². The predicted molar refractivity (Wildman–Crippen MR) is 77.6 cm³/mol. The molecule has 1 heterocycles. The van der Waals surface area contributed by atoms with E-state index < -0.39 is 0 Å². The predicted octanol–water partition coefficient (Wildman–Crippen LogP) is 1.44. The molecular formula is C14H18N4O2. The summed E-state index contributed by atoms with van der Waals surface area (Å²) in [6, 6.07) is 7.62. The Balaban J connectivity index is 2.20. The van der Waals surface area contributed by atoms with Crippen molar-refractivity contribution >= 4 is 17.3 Å². The molecular weight excluding hydrogens is 256 g/mol. The van der Waals surface area contributed by atoms with Crippen molar-refractivity contribution in [3.63, 3.8) is 0 Å². The number of nitrogens with two attached hydrogens (primary N) is 1. The number of nitrogens with zero attached hydrogens (tertiary/aromatic N) is 2. The number of benzene rings is 1. The van der Waals surface area contributed by atoms with E-state index in [1.54, 1.807) is 14.2 Å². The Morgan fingerprint density at radius 3 is 2.85 bits per heavy atom. The Bertz CT molecular complexity index is 587. The van der Waals surface area contributed by atoms with Crippen molar-refractivity contribution < 1.29 is 9.53 Å². The molecule has 0 unspecified atom stereocenters. The highest BCUT2D eigenvalue weighted by Gasteiger charge is 2.16. The summed E-state index contributed by atoms with van der Waals surface area (Å²) in [5.74, 6) is -0.271. The van der Waals surface area contributed by atoms with Gasteiger partial charge in [-0.3, -0.25) is 9.48 Å². The first-order chi connectivity index (χ1) is 9.63. The molecule has 1 aromatic heterocycles. The Hall–Kier alpha value is -2.34. The van der Waals surface area contributed by atoms with Crippen molar-refractivity contribution in [3.8, 4) is 0 Å². The van der Waals surface area contributed by atoms with Gasteiger partial charge in [-0.2, -0.15) is 5.10 Å². The number of aryl methyl sites for hydroxylation is 1. The van der Waals surface area contributed by atoms with Crippen LogP contribution in [0.2, 0.25) is 0 Å². The van der Waals surface area contributed by atoms with E-state index in [-0.39, 0.29) is 5.91 Å². The first kappa shape index (κ1) is 14.1. The molecule has 3 N–H and O–H groups in total. The van der Waals surface area contributed by atoms with Crippen LogP contribution in [0.3, 0.4) is 0 Å². The van der Waals surface area contributed by atoms with Gasteiger partial charge in [-0.15, -0.1) is 0 Å². The van der Waals surface area contributed by atoms with Crippen LogP contribution in [-0.4, -0.2) is 29.4 Å². The average Bonchev–Trinajstić information content (AvgIpc) is 2.77. The molecule has 0 saturated heterocycles. The molecule has 20 heavy (non-hydrogen) atoms. The molecule has 106 valence electrons. The number of methoxy groups -OCH3 is 1. The van der Waals surface area contributed by atoms with Gasteiger partial charge < -0.3 is 15.8 Å². The summed E-state index contributed by atoms with van der Waals surface area (Å²) in [6.07, 6.45) is 2.19.